The lowest BCUT2D eigenvalue weighted by Gasteiger charge is -2.19. The van der Waals surface area contributed by atoms with Crippen molar-refractivity contribution in [1.82, 2.24) is 10.2 Å². The number of nitrogens with two attached hydrogens (primary N) is 1. The summed E-state index contributed by atoms with van der Waals surface area (Å²) in [6.45, 7) is 3.37. The first kappa shape index (κ1) is 17.5. The van der Waals surface area contributed by atoms with Gasteiger partial charge >= 0.3 is 0 Å². The fourth-order valence-corrected chi connectivity index (χ4v) is 3.17. The molecule has 2 aliphatic rings. The predicted molar refractivity (Wildman–Crippen MR) is 88.2 cm³/mol. The molecule has 7 heteroatoms. The van der Waals surface area contributed by atoms with Crippen molar-refractivity contribution < 1.29 is 9.90 Å². The molecule has 1 aromatic rings. The molecule has 1 saturated heterocycles. The van der Waals surface area contributed by atoms with E-state index in [-0.39, 0.29) is 23.5 Å². The van der Waals surface area contributed by atoms with E-state index in [0.29, 0.717) is 12.0 Å². The van der Waals surface area contributed by atoms with Gasteiger partial charge in [0, 0.05) is 25.1 Å². The lowest BCUT2D eigenvalue weighted by Crippen LogP contribution is -2.25. The van der Waals surface area contributed by atoms with Gasteiger partial charge in [-0.15, -0.1) is 0 Å². The number of aliphatic hydroxyl groups is 1. The molecule has 23 heavy (non-hydrogen) atoms. The monoisotopic (exact) mass is 322 g/mol. The van der Waals surface area contributed by atoms with Crippen LogP contribution in [-0.4, -0.2) is 40.4 Å². The predicted octanol–water partition coefficient (Wildman–Crippen LogP) is 0.701. The molecule has 0 aromatic carbocycles. The van der Waals surface area contributed by atoms with Crippen molar-refractivity contribution in [3.05, 3.63) is 22.1 Å². The molecule has 0 bridgehead atoms. The van der Waals surface area contributed by atoms with E-state index in [1.54, 1.807) is 13.1 Å². The van der Waals surface area contributed by atoms with Crippen molar-refractivity contribution in [1.29, 1.82) is 0 Å². The zero-order valence-electron chi connectivity index (χ0n) is 13.6. The minimum Gasteiger partial charge on any atom is -0.393 e. The second kappa shape index (κ2) is 8.10. The number of rotatable bonds is 3. The van der Waals surface area contributed by atoms with Crippen molar-refractivity contribution in [2.75, 3.05) is 18.0 Å². The minimum absolute atomic E-state index is 0.0463. The Labute approximate surface area is 135 Å². The quantitative estimate of drug-likeness (QED) is 0.758. The molecule has 3 rings (SSSR count). The molecule has 1 atom stereocenters. The number of anilines is 1. The SMILES string of the molecule is Cc1c(N2CCC(CC(N)=O)C2)cn[nH]c1=O.OC1CCCC1. The number of H-pyrrole nitrogens is 1. The Morgan fingerprint density at radius 3 is 2.70 bits per heavy atom. The fourth-order valence-electron chi connectivity index (χ4n) is 3.17. The van der Waals surface area contributed by atoms with Gasteiger partial charge in [-0.05, 0) is 32.1 Å². The van der Waals surface area contributed by atoms with Gasteiger partial charge in [-0.3, -0.25) is 9.59 Å². The van der Waals surface area contributed by atoms with Crippen LogP contribution in [0.2, 0.25) is 0 Å². The van der Waals surface area contributed by atoms with Gasteiger partial charge in [0.25, 0.3) is 5.56 Å². The molecular weight excluding hydrogens is 296 g/mol. The molecule has 7 nitrogen and oxygen atoms in total. The first-order valence-corrected chi connectivity index (χ1v) is 8.23. The van der Waals surface area contributed by atoms with Crippen LogP contribution in [0.15, 0.2) is 11.0 Å². The van der Waals surface area contributed by atoms with E-state index in [1.165, 1.54) is 12.8 Å². The molecular formula is C16H26N4O3. The Hall–Kier alpha value is -1.89. The fraction of sp³-hybridized carbons (Fsp3) is 0.688. The van der Waals surface area contributed by atoms with Crippen LogP contribution in [0.3, 0.4) is 0 Å². The standard InChI is InChI=1S/C11H16N4O2.C5H10O/c1-7-9(5-13-14-11(7)17)15-3-2-8(6-15)4-10(12)16;6-5-3-1-2-4-5/h5,8H,2-4,6H2,1H3,(H2,12,16)(H,14,17);5-6H,1-4H2. The molecule has 1 unspecified atom stereocenters. The summed E-state index contributed by atoms with van der Waals surface area (Å²) >= 11 is 0. The molecule has 2 fully saturated rings. The Balaban J connectivity index is 0.000000268. The number of primary amides is 1. The second-order valence-electron chi connectivity index (χ2n) is 6.42. The van der Waals surface area contributed by atoms with Crippen molar-refractivity contribution in [2.24, 2.45) is 11.7 Å². The van der Waals surface area contributed by atoms with Crippen molar-refractivity contribution in [3.8, 4) is 0 Å². The Kier molecular flexibility index (Phi) is 6.15. The summed E-state index contributed by atoms with van der Waals surface area (Å²) in [6.07, 6.45) is 7.59. The highest BCUT2D eigenvalue weighted by molar-refractivity contribution is 5.74. The number of amides is 1. The van der Waals surface area contributed by atoms with Crippen LogP contribution in [0.4, 0.5) is 5.69 Å². The highest BCUT2D eigenvalue weighted by Gasteiger charge is 2.25. The number of carbonyl (C=O) groups is 1. The van der Waals surface area contributed by atoms with E-state index in [4.69, 9.17) is 10.8 Å². The van der Waals surface area contributed by atoms with Gasteiger partial charge in [-0.2, -0.15) is 5.10 Å². The number of aromatic nitrogens is 2. The maximum atomic E-state index is 11.4. The maximum Gasteiger partial charge on any atom is 0.269 e. The number of aliphatic hydroxyl groups excluding tert-OH is 1. The van der Waals surface area contributed by atoms with Crippen LogP contribution >= 0.6 is 0 Å². The molecule has 1 saturated carbocycles. The highest BCUT2D eigenvalue weighted by Crippen LogP contribution is 2.25. The number of nitrogens with zero attached hydrogens (tertiary/aromatic N) is 2. The molecule has 1 aliphatic carbocycles. The summed E-state index contributed by atoms with van der Waals surface area (Å²) in [6, 6.07) is 0. The van der Waals surface area contributed by atoms with Crippen molar-refractivity contribution >= 4 is 11.6 Å². The highest BCUT2D eigenvalue weighted by atomic mass is 16.3. The van der Waals surface area contributed by atoms with Crippen LogP contribution in [0.1, 0.15) is 44.1 Å². The summed E-state index contributed by atoms with van der Waals surface area (Å²) < 4.78 is 0. The number of aromatic amines is 1. The van der Waals surface area contributed by atoms with Gasteiger partial charge in [0.05, 0.1) is 18.0 Å². The van der Waals surface area contributed by atoms with E-state index in [2.05, 4.69) is 15.1 Å². The van der Waals surface area contributed by atoms with Crippen molar-refractivity contribution in [2.45, 2.75) is 51.6 Å². The number of nitrogens with one attached hydrogen (secondary N) is 1. The smallest absolute Gasteiger partial charge is 0.269 e. The van der Waals surface area contributed by atoms with E-state index < -0.39 is 0 Å². The van der Waals surface area contributed by atoms with Crippen molar-refractivity contribution in [3.63, 3.8) is 0 Å². The van der Waals surface area contributed by atoms with Gasteiger partial charge in [0.1, 0.15) is 0 Å². The Morgan fingerprint density at radius 2 is 2.13 bits per heavy atom. The molecule has 0 spiro atoms. The summed E-state index contributed by atoms with van der Waals surface area (Å²) in [5.74, 6) is 0.0174. The number of hydrogen-bond acceptors (Lipinski definition) is 5. The largest absolute Gasteiger partial charge is 0.393 e. The van der Waals surface area contributed by atoms with E-state index in [9.17, 15) is 9.59 Å². The second-order valence-corrected chi connectivity index (χ2v) is 6.42. The maximum absolute atomic E-state index is 11.4. The average molecular weight is 322 g/mol. The third-order valence-corrected chi connectivity index (χ3v) is 4.52. The molecule has 1 amide bonds. The molecule has 4 N–H and O–H groups in total. The minimum atomic E-state index is -0.266. The zero-order chi connectivity index (χ0) is 16.8. The first-order chi connectivity index (χ1) is 11.0. The summed E-state index contributed by atoms with van der Waals surface area (Å²) in [5.41, 5.74) is 6.53. The van der Waals surface area contributed by atoms with Gasteiger partial charge < -0.3 is 15.7 Å². The summed E-state index contributed by atoms with van der Waals surface area (Å²) in [4.78, 5) is 24.4. The molecule has 2 heterocycles. The average Bonchev–Trinajstić information content (AvgIpc) is 3.14. The lowest BCUT2D eigenvalue weighted by atomic mass is 10.1. The first-order valence-electron chi connectivity index (χ1n) is 8.23. The topological polar surface area (TPSA) is 112 Å². The summed E-state index contributed by atoms with van der Waals surface area (Å²) in [7, 11) is 0. The third-order valence-electron chi connectivity index (χ3n) is 4.52. The van der Waals surface area contributed by atoms with E-state index in [0.717, 1.165) is 38.0 Å². The van der Waals surface area contributed by atoms with E-state index in [1.807, 2.05) is 0 Å². The number of hydrogen-bond donors (Lipinski definition) is 3. The van der Waals surface area contributed by atoms with Crippen LogP contribution < -0.4 is 16.2 Å². The van der Waals surface area contributed by atoms with Gasteiger partial charge in [-0.25, -0.2) is 5.10 Å². The molecule has 128 valence electrons. The number of carbonyl (C=O) groups excluding carboxylic acids is 1. The Bertz CT molecular complexity index is 581. The normalized spacial score (nSPS) is 21.1. The molecule has 0 radical (unpaired) electrons. The van der Waals surface area contributed by atoms with Crippen LogP contribution in [0, 0.1) is 12.8 Å². The Morgan fingerprint density at radius 1 is 1.43 bits per heavy atom. The van der Waals surface area contributed by atoms with Gasteiger partial charge in [0.2, 0.25) is 5.91 Å². The van der Waals surface area contributed by atoms with Crippen LogP contribution in [-0.2, 0) is 4.79 Å². The van der Waals surface area contributed by atoms with Gasteiger partial charge in [-0.1, -0.05) is 12.8 Å². The molecule has 1 aromatic heterocycles. The van der Waals surface area contributed by atoms with Gasteiger partial charge in [0.15, 0.2) is 0 Å². The molecule has 1 aliphatic heterocycles. The zero-order valence-corrected chi connectivity index (χ0v) is 13.6. The lowest BCUT2D eigenvalue weighted by molar-refractivity contribution is -0.118. The third kappa shape index (κ3) is 5.06. The van der Waals surface area contributed by atoms with Crippen LogP contribution in [0.25, 0.3) is 0 Å². The van der Waals surface area contributed by atoms with E-state index >= 15 is 0 Å². The summed E-state index contributed by atoms with van der Waals surface area (Å²) in [5, 5.41) is 14.9. The van der Waals surface area contributed by atoms with Crippen LogP contribution in [0.5, 0.6) is 0 Å².